The third kappa shape index (κ3) is 2.20. The number of hydrogen-bond donors (Lipinski definition) is 0. The molecule has 1 aliphatic heterocycles. The number of allylic oxidation sites excluding steroid dienone is 1. The van der Waals surface area contributed by atoms with E-state index in [-0.39, 0.29) is 5.78 Å². The number of ketones is 1. The number of fused-ring (bicyclic) bond motifs is 1. The number of ether oxygens (including phenoxy) is 1. The molecule has 5 heteroatoms. The minimum Gasteiger partial charge on any atom is -0.378 e. The average Bonchev–Trinajstić information content (AvgIpc) is 2.76. The number of Topliss-reactive ketones (excluding diaryl/α,β-unsaturated/α-hetero) is 1. The summed E-state index contributed by atoms with van der Waals surface area (Å²) in [5, 5.41) is 0.987. The van der Waals surface area contributed by atoms with E-state index < -0.39 is 0 Å². The Morgan fingerprint density at radius 3 is 2.89 bits per heavy atom. The van der Waals surface area contributed by atoms with E-state index in [2.05, 4.69) is 9.88 Å². The molecule has 0 amide bonds. The van der Waals surface area contributed by atoms with E-state index in [1.807, 2.05) is 13.1 Å². The van der Waals surface area contributed by atoms with Gasteiger partial charge in [-0.05, 0) is 19.8 Å². The predicted molar refractivity (Wildman–Crippen MR) is 70.0 cm³/mol. The van der Waals surface area contributed by atoms with Crippen LogP contribution in [-0.4, -0.2) is 42.0 Å². The second-order valence-electron chi connectivity index (χ2n) is 4.64. The van der Waals surface area contributed by atoms with Crippen LogP contribution in [0.1, 0.15) is 26.8 Å². The monoisotopic (exact) mass is 264 g/mol. The highest BCUT2D eigenvalue weighted by molar-refractivity contribution is 7.14. The molecule has 3 rings (SSSR count). The summed E-state index contributed by atoms with van der Waals surface area (Å²) in [5.74, 6) is 0.174. The van der Waals surface area contributed by atoms with Gasteiger partial charge in [0.2, 0.25) is 5.78 Å². The van der Waals surface area contributed by atoms with Crippen molar-refractivity contribution in [3.63, 3.8) is 0 Å². The molecule has 1 aromatic heterocycles. The van der Waals surface area contributed by atoms with Crippen molar-refractivity contribution in [1.82, 2.24) is 9.88 Å². The van der Waals surface area contributed by atoms with Gasteiger partial charge in [-0.3, -0.25) is 4.79 Å². The third-order valence-corrected chi connectivity index (χ3v) is 4.33. The summed E-state index contributed by atoms with van der Waals surface area (Å²) < 4.78 is 5.31. The Kier molecular flexibility index (Phi) is 3.18. The number of morpholine rings is 1. The van der Waals surface area contributed by atoms with Gasteiger partial charge in [-0.2, -0.15) is 0 Å². The summed E-state index contributed by atoms with van der Waals surface area (Å²) >= 11 is 1.52. The van der Waals surface area contributed by atoms with Gasteiger partial charge < -0.3 is 9.64 Å². The van der Waals surface area contributed by atoms with Crippen molar-refractivity contribution in [2.45, 2.75) is 19.8 Å². The molecule has 0 N–H and O–H groups in total. The molecule has 0 bridgehead atoms. The van der Waals surface area contributed by atoms with Gasteiger partial charge >= 0.3 is 0 Å². The van der Waals surface area contributed by atoms with Crippen LogP contribution in [0.3, 0.4) is 0 Å². The topological polar surface area (TPSA) is 42.4 Å². The summed E-state index contributed by atoms with van der Waals surface area (Å²) in [6.45, 7) is 5.23. The lowest BCUT2D eigenvalue weighted by Gasteiger charge is -2.26. The van der Waals surface area contributed by atoms with Crippen LogP contribution in [0.15, 0.2) is 11.8 Å². The number of aryl methyl sites for hydroxylation is 2. The summed E-state index contributed by atoms with van der Waals surface area (Å²) in [6, 6.07) is 0. The molecule has 2 heterocycles. The molecule has 0 atom stereocenters. The van der Waals surface area contributed by atoms with Gasteiger partial charge in [0, 0.05) is 24.9 Å². The quantitative estimate of drug-likeness (QED) is 0.725. The van der Waals surface area contributed by atoms with Gasteiger partial charge in [-0.1, -0.05) is 0 Å². The molecule has 1 aliphatic carbocycles. The Labute approximate surface area is 110 Å². The number of aromatic nitrogens is 1. The molecule has 0 spiro atoms. The number of thiazole rings is 1. The standard InChI is InChI=1S/C13H16N2O2S/c1-9-14-11-3-2-10(12(16)13(11)18-9)8-15-4-6-17-7-5-15/h8H,2-7H2,1H3/b10-8-. The van der Waals surface area contributed by atoms with E-state index in [9.17, 15) is 4.79 Å². The minimum atomic E-state index is 0.174. The lowest BCUT2D eigenvalue weighted by molar-refractivity contribution is 0.0586. The van der Waals surface area contributed by atoms with Gasteiger partial charge in [-0.15, -0.1) is 11.3 Å². The number of hydrogen-bond acceptors (Lipinski definition) is 5. The van der Waals surface area contributed by atoms with Crippen LogP contribution in [0, 0.1) is 6.92 Å². The fourth-order valence-electron chi connectivity index (χ4n) is 2.38. The van der Waals surface area contributed by atoms with Crippen molar-refractivity contribution in [3.8, 4) is 0 Å². The molecule has 2 aliphatic rings. The Balaban J connectivity index is 1.83. The maximum absolute atomic E-state index is 12.3. The molecule has 0 aromatic carbocycles. The smallest absolute Gasteiger partial charge is 0.202 e. The molecule has 96 valence electrons. The minimum absolute atomic E-state index is 0.174. The number of carbonyl (C=O) groups excluding carboxylic acids is 1. The largest absolute Gasteiger partial charge is 0.378 e. The van der Waals surface area contributed by atoms with Crippen LogP contribution in [0.2, 0.25) is 0 Å². The second-order valence-corrected chi connectivity index (χ2v) is 5.84. The van der Waals surface area contributed by atoms with Crippen LogP contribution in [0.5, 0.6) is 0 Å². The highest BCUT2D eigenvalue weighted by Crippen LogP contribution is 2.29. The van der Waals surface area contributed by atoms with Crippen molar-refractivity contribution in [2.24, 2.45) is 0 Å². The van der Waals surface area contributed by atoms with E-state index in [1.54, 1.807) is 0 Å². The van der Waals surface area contributed by atoms with Crippen molar-refractivity contribution in [2.75, 3.05) is 26.3 Å². The SMILES string of the molecule is Cc1nc2c(s1)C(=O)/C(=C\N1CCOCC1)CC2. The molecule has 1 saturated heterocycles. The summed E-state index contributed by atoms with van der Waals surface area (Å²) in [4.78, 5) is 19.8. The van der Waals surface area contributed by atoms with Crippen molar-refractivity contribution < 1.29 is 9.53 Å². The summed E-state index contributed by atoms with van der Waals surface area (Å²) in [6.07, 6.45) is 3.73. The van der Waals surface area contributed by atoms with Gasteiger partial charge in [-0.25, -0.2) is 4.98 Å². The fraction of sp³-hybridized carbons (Fsp3) is 0.538. The zero-order valence-corrected chi connectivity index (χ0v) is 11.3. The van der Waals surface area contributed by atoms with Crippen LogP contribution < -0.4 is 0 Å². The molecular weight excluding hydrogens is 248 g/mol. The zero-order chi connectivity index (χ0) is 12.5. The van der Waals surface area contributed by atoms with Crippen molar-refractivity contribution in [3.05, 3.63) is 27.4 Å². The summed E-state index contributed by atoms with van der Waals surface area (Å²) in [5.41, 5.74) is 1.91. The van der Waals surface area contributed by atoms with Crippen molar-refractivity contribution in [1.29, 1.82) is 0 Å². The number of carbonyl (C=O) groups is 1. The number of nitrogens with zero attached hydrogens (tertiary/aromatic N) is 2. The van der Waals surface area contributed by atoms with E-state index in [1.165, 1.54) is 11.3 Å². The van der Waals surface area contributed by atoms with Crippen LogP contribution >= 0.6 is 11.3 Å². The Hall–Kier alpha value is -1.20. The first-order chi connectivity index (χ1) is 8.74. The van der Waals surface area contributed by atoms with Crippen LogP contribution in [0.4, 0.5) is 0 Å². The summed E-state index contributed by atoms with van der Waals surface area (Å²) in [7, 11) is 0. The van der Waals surface area contributed by atoms with Gasteiger partial charge in [0.15, 0.2) is 0 Å². The molecule has 18 heavy (non-hydrogen) atoms. The second kappa shape index (κ2) is 4.82. The van der Waals surface area contributed by atoms with E-state index in [0.717, 1.165) is 60.3 Å². The Bertz CT molecular complexity index is 501. The van der Waals surface area contributed by atoms with Crippen molar-refractivity contribution >= 4 is 17.1 Å². The molecular formula is C13H16N2O2S. The first kappa shape index (κ1) is 11.9. The van der Waals surface area contributed by atoms with E-state index >= 15 is 0 Å². The first-order valence-corrected chi connectivity index (χ1v) is 7.09. The lowest BCUT2D eigenvalue weighted by Crippen LogP contribution is -2.33. The maximum atomic E-state index is 12.3. The van der Waals surface area contributed by atoms with Crippen LogP contribution in [0.25, 0.3) is 0 Å². The van der Waals surface area contributed by atoms with E-state index in [4.69, 9.17) is 4.74 Å². The molecule has 4 nitrogen and oxygen atoms in total. The van der Waals surface area contributed by atoms with Gasteiger partial charge in [0.05, 0.1) is 28.8 Å². The van der Waals surface area contributed by atoms with Gasteiger partial charge in [0.25, 0.3) is 0 Å². The molecule has 0 saturated carbocycles. The maximum Gasteiger partial charge on any atom is 0.202 e. The van der Waals surface area contributed by atoms with Crippen LogP contribution in [-0.2, 0) is 11.2 Å². The normalized spacial score (nSPS) is 22.4. The molecule has 0 unspecified atom stereocenters. The Morgan fingerprint density at radius 1 is 1.33 bits per heavy atom. The molecule has 1 aromatic rings. The number of rotatable bonds is 1. The lowest BCUT2D eigenvalue weighted by atomic mass is 9.96. The fourth-order valence-corrected chi connectivity index (χ4v) is 3.32. The highest BCUT2D eigenvalue weighted by Gasteiger charge is 2.26. The highest BCUT2D eigenvalue weighted by atomic mass is 32.1. The third-order valence-electron chi connectivity index (χ3n) is 3.32. The Morgan fingerprint density at radius 2 is 2.11 bits per heavy atom. The average molecular weight is 264 g/mol. The molecule has 1 fully saturated rings. The predicted octanol–water partition coefficient (Wildman–Crippen LogP) is 1.80. The first-order valence-electron chi connectivity index (χ1n) is 6.27. The van der Waals surface area contributed by atoms with Gasteiger partial charge in [0.1, 0.15) is 0 Å². The van der Waals surface area contributed by atoms with E-state index in [0.29, 0.717) is 0 Å². The zero-order valence-electron chi connectivity index (χ0n) is 10.4. The molecule has 0 radical (unpaired) electrons.